The average Bonchev–Trinajstić information content (AvgIpc) is 2.25. The monoisotopic (exact) mass is 309 g/mol. The van der Waals surface area contributed by atoms with Gasteiger partial charge in [0, 0.05) is 5.56 Å². The molecule has 17 heavy (non-hydrogen) atoms. The van der Waals surface area contributed by atoms with E-state index < -0.39 is 18.1 Å². The Balaban J connectivity index is 3.10. The Hall–Kier alpha value is -1.24. The normalized spacial score (nSPS) is 10.6. The first-order valence-electron chi connectivity index (χ1n) is 4.77. The Bertz CT molecular complexity index is 426. The third-order valence-electron chi connectivity index (χ3n) is 1.96. The number of pyridine rings is 1. The largest absolute Gasteiger partial charge is 0.505 e. The van der Waals surface area contributed by atoms with Gasteiger partial charge < -0.3 is 9.84 Å². The van der Waals surface area contributed by atoms with Gasteiger partial charge in [0.15, 0.2) is 0 Å². The zero-order valence-corrected chi connectivity index (χ0v) is 10.5. The van der Waals surface area contributed by atoms with Crippen molar-refractivity contribution in [2.45, 2.75) is 19.8 Å². The summed E-state index contributed by atoms with van der Waals surface area (Å²) in [7, 11) is 0. The van der Waals surface area contributed by atoms with Gasteiger partial charge in [-0.2, -0.15) is 0 Å². The summed E-state index contributed by atoms with van der Waals surface area (Å²) >= 11 is 2.95. The smallest absolute Gasteiger partial charge is 0.310 e. The SMILES string of the molecule is CCOC(=O)Cc1c(C(F)F)ncc(O)c1Br. The number of aromatic hydroxyl groups is 1. The summed E-state index contributed by atoms with van der Waals surface area (Å²) in [5.41, 5.74) is -0.596. The van der Waals surface area contributed by atoms with Gasteiger partial charge in [0.2, 0.25) is 0 Å². The van der Waals surface area contributed by atoms with Crippen LogP contribution in [0.25, 0.3) is 0 Å². The van der Waals surface area contributed by atoms with Gasteiger partial charge in [-0.25, -0.2) is 8.78 Å². The molecule has 1 heterocycles. The van der Waals surface area contributed by atoms with Crippen LogP contribution in [0.1, 0.15) is 24.6 Å². The molecule has 1 N–H and O–H groups in total. The van der Waals surface area contributed by atoms with Gasteiger partial charge >= 0.3 is 5.97 Å². The van der Waals surface area contributed by atoms with Crippen LogP contribution in [0.3, 0.4) is 0 Å². The van der Waals surface area contributed by atoms with Crippen molar-refractivity contribution in [2.75, 3.05) is 6.61 Å². The first kappa shape index (κ1) is 13.8. The zero-order chi connectivity index (χ0) is 13.0. The Morgan fingerprint density at radius 2 is 2.29 bits per heavy atom. The maximum atomic E-state index is 12.7. The lowest BCUT2D eigenvalue weighted by molar-refractivity contribution is -0.142. The van der Waals surface area contributed by atoms with Crippen LogP contribution in [0, 0.1) is 0 Å². The fourth-order valence-electron chi connectivity index (χ4n) is 1.24. The van der Waals surface area contributed by atoms with Gasteiger partial charge in [-0.15, -0.1) is 0 Å². The summed E-state index contributed by atoms with van der Waals surface area (Å²) in [5, 5.41) is 9.34. The van der Waals surface area contributed by atoms with E-state index in [9.17, 15) is 18.7 Å². The number of rotatable bonds is 4. The lowest BCUT2D eigenvalue weighted by atomic mass is 10.1. The predicted octanol–water partition coefficient (Wildman–Crippen LogP) is 2.59. The zero-order valence-electron chi connectivity index (χ0n) is 8.91. The van der Waals surface area contributed by atoms with Crippen molar-refractivity contribution in [1.29, 1.82) is 0 Å². The summed E-state index contributed by atoms with van der Waals surface area (Å²) in [6.07, 6.45) is -2.29. The van der Waals surface area contributed by atoms with Crippen LogP contribution >= 0.6 is 15.9 Å². The van der Waals surface area contributed by atoms with Crippen LogP contribution in [0.15, 0.2) is 10.7 Å². The molecular weight excluding hydrogens is 300 g/mol. The quantitative estimate of drug-likeness (QED) is 0.869. The van der Waals surface area contributed by atoms with E-state index in [0.29, 0.717) is 0 Å². The number of esters is 1. The molecule has 0 atom stereocenters. The van der Waals surface area contributed by atoms with E-state index in [2.05, 4.69) is 25.7 Å². The molecule has 0 aliphatic heterocycles. The van der Waals surface area contributed by atoms with Gasteiger partial charge in [0.1, 0.15) is 11.4 Å². The third kappa shape index (κ3) is 3.36. The van der Waals surface area contributed by atoms with Crippen molar-refractivity contribution in [1.82, 2.24) is 4.98 Å². The van der Waals surface area contributed by atoms with Crippen molar-refractivity contribution in [3.8, 4) is 5.75 Å². The highest BCUT2D eigenvalue weighted by Crippen LogP contribution is 2.33. The van der Waals surface area contributed by atoms with Crippen LogP contribution in [-0.2, 0) is 16.0 Å². The number of nitrogens with zero attached hydrogens (tertiary/aromatic N) is 1. The molecule has 0 amide bonds. The molecule has 0 saturated carbocycles. The number of hydrogen-bond acceptors (Lipinski definition) is 4. The van der Waals surface area contributed by atoms with Crippen LogP contribution in [0.5, 0.6) is 5.75 Å². The van der Waals surface area contributed by atoms with Crippen molar-refractivity contribution in [2.24, 2.45) is 0 Å². The highest BCUT2D eigenvalue weighted by atomic mass is 79.9. The number of hydrogen-bond donors (Lipinski definition) is 1. The molecule has 0 spiro atoms. The third-order valence-corrected chi connectivity index (χ3v) is 2.84. The molecule has 0 aromatic carbocycles. The molecule has 1 aromatic rings. The minimum absolute atomic E-state index is 0.0378. The van der Waals surface area contributed by atoms with E-state index in [4.69, 9.17) is 0 Å². The molecule has 0 saturated heterocycles. The van der Waals surface area contributed by atoms with Crippen molar-refractivity contribution in [3.63, 3.8) is 0 Å². The number of ether oxygens (including phenoxy) is 1. The Labute approximate surface area is 105 Å². The second kappa shape index (κ2) is 5.90. The summed E-state index contributed by atoms with van der Waals surface area (Å²) in [6, 6.07) is 0. The van der Waals surface area contributed by atoms with Crippen molar-refractivity contribution in [3.05, 3.63) is 21.9 Å². The molecular formula is C10H10BrF2NO3. The van der Waals surface area contributed by atoms with Crippen LogP contribution in [-0.4, -0.2) is 22.7 Å². The second-order valence-electron chi connectivity index (χ2n) is 3.10. The second-order valence-corrected chi connectivity index (χ2v) is 3.90. The summed E-state index contributed by atoms with van der Waals surface area (Å²) in [5.74, 6) is -0.948. The molecule has 0 aliphatic carbocycles. The minimum atomic E-state index is -2.82. The first-order valence-corrected chi connectivity index (χ1v) is 5.56. The standard InChI is InChI=1S/C10H10BrF2NO3/c1-2-17-7(16)3-5-8(11)6(15)4-14-9(5)10(12)13/h4,10,15H,2-3H2,1H3. The van der Waals surface area contributed by atoms with Crippen LogP contribution < -0.4 is 0 Å². The van der Waals surface area contributed by atoms with E-state index in [-0.39, 0.29) is 28.8 Å². The fourth-order valence-corrected chi connectivity index (χ4v) is 1.69. The van der Waals surface area contributed by atoms with Crippen LogP contribution in [0.2, 0.25) is 0 Å². The van der Waals surface area contributed by atoms with E-state index >= 15 is 0 Å². The van der Waals surface area contributed by atoms with E-state index in [1.165, 1.54) is 0 Å². The molecule has 1 aromatic heterocycles. The lowest BCUT2D eigenvalue weighted by Crippen LogP contribution is -2.11. The average molecular weight is 310 g/mol. The Morgan fingerprint density at radius 3 is 2.82 bits per heavy atom. The lowest BCUT2D eigenvalue weighted by Gasteiger charge is -2.10. The maximum absolute atomic E-state index is 12.7. The Kier molecular flexibility index (Phi) is 4.80. The molecule has 0 fully saturated rings. The highest BCUT2D eigenvalue weighted by molar-refractivity contribution is 9.10. The van der Waals surface area contributed by atoms with E-state index in [0.717, 1.165) is 6.20 Å². The summed E-state index contributed by atoms with van der Waals surface area (Å²) < 4.78 is 30.0. The molecule has 0 radical (unpaired) electrons. The van der Waals surface area contributed by atoms with Gasteiger partial charge in [-0.05, 0) is 22.9 Å². The summed E-state index contributed by atoms with van der Waals surface area (Å²) in [6.45, 7) is 1.77. The van der Waals surface area contributed by atoms with E-state index in [1.54, 1.807) is 6.92 Å². The van der Waals surface area contributed by atoms with Crippen molar-refractivity contribution >= 4 is 21.9 Å². The van der Waals surface area contributed by atoms with Crippen molar-refractivity contribution < 1.29 is 23.4 Å². The minimum Gasteiger partial charge on any atom is -0.505 e. The molecule has 4 nitrogen and oxygen atoms in total. The number of alkyl halides is 2. The fraction of sp³-hybridized carbons (Fsp3) is 0.400. The number of halogens is 3. The molecule has 94 valence electrons. The molecule has 0 unspecified atom stereocenters. The highest BCUT2D eigenvalue weighted by Gasteiger charge is 2.22. The van der Waals surface area contributed by atoms with Gasteiger partial charge in [-0.1, -0.05) is 0 Å². The number of carbonyl (C=O) groups excluding carboxylic acids is 1. The summed E-state index contributed by atoms with van der Waals surface area (Å²) in [4.78, 5) is 14.7. The maximum Gasteiger partial charge on any atom is 0.310 e. The first-order chi connectivity index (χ1) is 7.97. The molecule has 7 heteroatoms. The van der Waals surface area contributed by atoms with Gasteiger partial charge in [-0.3, -0.25) is 9.78 Å². The topological polar surface area (TPSA) is 59.4 Å². The molecule has 0 bridgehead atoms. The Morgan fingerprint density at radius 1 is 1.65 bits per heavy atom. The van der Waals surface area contributed by atoms with E-state index in [1.807, 2.05) is 0 Å². The van der Waals surface area contributed by atoms with Gasteiger partial charge in [0.25, 0.3) is 6.43 Å². The molecule has 0 aliphatic rings. The molecule has 1 rings (SSSR count). The van der Waals surface area contributed by atoms with Crippen LogP contribution in [0.4, 0.5) is 8.78 Å². The predicted molar refractivity (Wildman–Crippen MR) is 58.9 cm³/mol. The number of carbonyl (C=O) groups is 1. The number of aromatic nitrogens is 1. The van der Waals surface area contributed by atoms with Gasteiger partial charge in [0.05, 0.1) is 23.7 Å².